The van der Waals surface area contributed by atoms with Crippen LogP contribution in [0, 0.1) is 6.92 Å². The number of fused-ring (bicyclic) bond motifs is 2. The van der Waals surface area contributed by atoms with Gasteiger partial charge in [0.25, 0.3) is 0 Å². The number of hydrogen-bond donors (Lipinski definition) is 2. The Morgan fingerprint density at radius 3 is 2.57 bits per heavy atom. The number of halogens is 1. The maximum Gasteiger partial charge on any atom is 0.407 e. The van der Waals surface area contributed by atoms with Crippen molar-refractivity contribution in [2.24, 2.45) is 0 Å². The van der Waals surface area contributed by atoms with Gasteiger partial charge < -0.3 is 29.2 Å². The summed E-state index contributed by atoms with van der Waals surface area (Å²) < 4.78 is 16.2. The molecule has 1 aliphatic rings. The average molecular weight is 678 g/mol. The van der Waals surface area contributed by atoms with Gasteiger partial charge in [0.1, 0.15) is 34.6 Å². The summed E-state index contributed by atoms with van der Waals surface area (Å²) in [5.74, 6) is 1.92. The van der Waals surface area contributed by atoms with E-state index in [4.69, 9.17) is 26.1 Å². The number of ether oxygens (including phenoxy) is 2. The molecule has 4 heterocycles. The van der Waals surface area contributed by atoms with E-state index in [1.807, 2.05) is 46.6 Å². The number of aliphatic hydroxyl groups excluding tert-OH is 1. The minimum atomic E-state index is -1.19. The highest BCUT2D eigenvalue weighted by Gasteiger charge is 2.38. The van der Waals surface area contributed by atoms with Crippen molar-refractivity contribution < 1.29 is 24.5 Å². The molecule has 0 radical (unpaired) electrons. The molecule has 248 valence electrons. The number of rotatable bonds is 11. The third-order valence-electron chi connectivity index (χ3n) is 8.88. The Hall–Kier alpha value is -4.04. The second-order valence-electron chi connectivity index (χ2n) is 13.3. The van der Waals surface area contributed by atoms with Crippen molar-refractivity contribution >= 4 is 47.8 Å². The number of carboxylic acid groups (broad SMARTS) is 1. The Labute approximate surface area is 278 Å². The van der Waals surface area contributed by atoms with Crippen LogP contribution in [0.3, 0.4) is 0 Å². The minimum absolute atomic E-state index is 0.0300. The first-order valence-electron chi connectivity index (χ1n) is 15.8. The number of imidazole rings is 1. The number of likely N-dealkylation sites (tertiary alicyclic amines) is 1. The van der Waals surface area contributed by atoms with Crippen LogP contribution in [0.25, 0.3) is 33.3 Å². The molecule has 0 unspecified atom stereocenters. The van der Waals surface area contributed by atoms with E-state index < -0.39 is 19.7 Å². The molecule has 12 nitrogen and oxygen atoms in total. The predicted molar refractivity (Wildman–Crippen MR) is 183 cm³/mol. The van der Waals surface area contributed by atoms with Gasteiger partial charge in [-0.05, 0) is 56.5 Å². The molecule has 0 atom stereocenters. The number of hydrogen-bond acceptors (Lipinski definition) is 8. The molecular formula is C33H40ClN7O5Si. The second-order valence-corrected chi connectivity index (χ2v) is 19.3. The quantitative estimate of drug-likeness (QED) is 0.115. The van der Waals surface area contributed by atoms with Crippen LogP contribution in [0.2, 0.25) is 30.7 Å². The van der Waals surface area contributed by atoms with E-state index in [9.17, 15) is 15.0 Å². The number of piperidine rings is 1. The summed E-state index contributed by atoms with van der Waals surface area (Å²) in [4.78, 5) is 27.0. The van der Waals surface area contributed by atoms with Crippen LogP contribution < -0.4 is 4.74 Å². The van der Waals surface area contributed by atoms with Crippen molar-refractivity contribution in [3.63, 3.8) is 0 Å². The Morgan fingerprint density at radius 2 is 1.85 bits per heavy atom. The number of carbonyl (C=O) groups is 1. The maximum absolute atomic E-state index is 11.5. The molecule has 1 aliphatic heterocycles. The van der Waals surface area contributed by atoms with Crippen LogP contribution >= 0.6 is 11.6 Å². The first kappa shape index (κ1) is 32.9. The third kappa shape index (κ3) is 6.98. The number of aromatic nitrogens is 6. The molecule has 47 heavy (non-hydrogen) atoms. The lowest BCUT2D eigenvalue weighted by Crippen LogP contribution is -2.48. The lowest BCUT2D eigenvalue weighted by Gasteiger charge is -2.41. The van der Waals surface area contributed by atoms with Crippen molar-refractivity contribution in [2.45, 2.75) is 64.1 Å². The number of amides is 1. The van der Waals surface area contributed by atoms with Crippen LogP contribution in [0.15, 0.2) is 48.9 Å². The average Bonchev–Trinajstić information content (AvgIpc) is 3.65. The summed E-state index contributed by atoms with van der Waals surface area (Å²) in [6.45, 7) is 10.8. The summed E-state index contributed by atoms with van der Waals surface area (Å²) in [6.07, 6.45) is 5.90. The first-order valence-corrected chi connectivity index (χ1v) is 19.9. The molecule has 14 heteroatoms. The van der Waals surface area contributed by atoms with E-state index in [0.717, 1.165) is 35.1 Å². The van der Waals surface area contributed by atoms with E-state index in [2.05, 4.69) is 34.7 Å². The normalized spacial score (nSPS) is 15.1. The fourth-order valence-corrected chi connectivity index (χ4v) is 6.98. The zero-order valence-electron chi connectivity index (χ0n) is 27.1. The Balaban J connectivity index is 1.24. The molecular weight excluding hydrogens is 638 g/mol. The second kappa shape index (κ2) is 13.2. The highest BCUT2D eigenvalue weighted by molar-refractivity contribution is 6.76. The van der Waals surface area contributed by atoms with Crippen molar-refractivity contribution in [3.05, 3.63) is 59.8 Å². The highest BCUT2D eigenvalue weighted by Crippen LogP contribution is 2.37. The fraction of sp³-hybridized carbons (Fsp3) is 0.424. The van der Waals surface area contributed by atoms with Gasteiger partial charge in [-0.1, -0.05) is 31.2 Å². The Morgan fingerprint density at radius 1 is 1.09 bits per heavy atom. The molecule has 1 fully saturated rings. The molecule has 0 saturated carbocycles. The number of benzene rings is 2. The Kier molecular flexibility index (Phi) is 9.25. The van der Waals surface area contributed by atoms with Crippen molar-refractivity contribution in [1.29, 1.82) is 0 Å². The van der Waals surface area contributed by atoms with Gasteiger partial charge in [0.2, 0.25) is 0 Å². The van der Waals surface area contributed by atoms with E-state index >= 15 is 0 Å². The first-order chi connectivity index (χ1) is 22.5. The van der Waals surface area contributed by atoms with Gasteiger partial charge in [-0.15, -0.1) is 0 Å². The van der Waals surface area contributed by atoms with E-state index in [1.54, 1.807) is 18.5 Å². The monoisotopic (exact) mass is 677 g/mol. The molecule has 2 aromatic carbocycles. The van der Waals surface area contributed by atoms with Crippen molar-refractivity contribution in [1.82, 2.24) is 34.2 Å². The molecule has 0 aliphatic carbocycles. The van der Waals surface area contributed by atoms with Gasteiger partial charge in [0.15, 0.2) is 0 Å². The molecule has 0 bridgehead atoms. The zero-order chi connectivity index (χ0) is 33.3. The molecule has 3 aromatic heterocycles. The molecule has 0 spiro atoms. The van der Waals surface area contributed by atoms with Crippen LogP contribution in [-0.2, 0) is 17.0 Å². The summed E-state index contributed by atoms with van der Waals surface area (Å²) in [7, 11) is -1.19. The van der Waals surface area contributed by atoms with Crippen LogP contribution in [0.5, 0.6) is 11.5 Å². The van der Waals surface area contributed by atoms with Gasteiger partial charge in [0, 0.05) is 52.2 Å². The minimum Gasteiger partial charge on any atom is -0.465 e. The number of nitrogens with zero attached hydrogens (tertiary/aromatic N) is 7. The number of aryl methyl sites for hydroxylation is 1. The highest BCUT2D eigenvalue weighted by atomic mass is 35.5. The zero-order valence-corrected chi connectivity index (χ0v) is 28.9. The predicted octanol–water partition coefficient (Wildman–Crippen LogP) is 6.76. The molecule has 1 amide bonds. The SMILES string of the molecule is Cc1nc2ccc(Oc3ccc4ncc(-c5cnn(C6(CCO)CCN(C(=O)O)CC6)c5)nc4c3Cl)cc2n1COCC[Si](C)(C)C. The van der Waals surface area contributed by atoms with E-state index in [-0.39, 0.29) is 6.61 Å². The molecule has 5 aromatic rings. The molecule has 2 N–H and O–H groups in total. The van der Waals surface area contributed by atoms with Crippen LogP contribution in [-0.4, -0.2) is 84.9 Å². The summed E-state index contributed by atoms with van der Waals surface area (Å²) in [5.41, 5.74) is 3.72. The maximum atomic E-state index is 11.5. The van der Waals surface area contributed by atoms with E-state index in [0.29, 0.717) is 72.3 Å². The van der Waals surface area contributed by atoms with Gasteiger partial charge >= 0.3 is 6.09 Å². The lowest BCUT2D eigenvalue weighted by molar-refractivity contribution is 0.0692. The van der Waals surface area contributed by atoms with Gasteiger partial charge in [0.05, 0.1) is 40.2 Å². The van der Waals surface area contributed by atoms with Gasteiger partial charge in [-0.2, -0.15) is 5.10 Å². The smallest absolute Gasteiger partial charge is 0.407 e. The van der Waals surface area contributed by atoms with Crippen LogP contribution in [0.4, 0.5) is 4.79 Å². The molecule has 1 saturated heterocycles. The standard InChI is InChI=1S/C33H40ClN7O5Si/c1-22-37-25-6-5-24(17-28(25)40(22)21-45-15-16-47(2,3)4)46-29-8-7-26-31(30(29)34)38-27(19-35-26)23-18-36-41(20-23)33(11-14-42)9-12-39(13-10-33)32(43)44/h5-8,17-20,42H,9-16,21H2,1-4H3,(H,43,44). The summed E-state index contributed by atoms with van der Waals surface area (Å²) in [5, 5.41) is 24.2. The molecule has 6 rings (SSSR count). The Bertz CT molecular complexity index is 1910. The van der Waals surface area contributed by atoms with E-state index in [1.165, 1.54) is 4.90 Å². The van der Waals surface area contributed by atoms with Crippen molar-refractivity contribution in [3.8, 4) is 22.8 Å². The van der Waals surface area contributed by atoms with Gasteiger partial charge in [-0.3, -0.25) is 9.67 Å². The summed E-state index contributed by atoms with van der Waals surface area (Å²) in [6, 6.07) is 10.4. The van der Waals surface area contributed by atoms with Gasteiger partial charge in [-0.25, -0.2) is 14.8 Å². The van der Waals surface area contributed by atoms with Crippen molar-refractivity contribution in [2.75, 3.05) is 26.3 Å². The lowest BCUT2D eigenvalue weighted by atomic mass is 9.85. The topological polar surface area (TPSA) is 141 Å². The summed E-state index contributed by atoms with van der Waals surface area (Å²) >= 11 is 6.89. The van der Waals surface area contributed by atoms with Crippen LogP contribution in [0.1, 0.15) is 25.1 Å². The number of aliphatic hydroxyl groups is 1. The largest absolute Gasteiger partial charge is 0.465 e. The third-order valence-corrected chi connectivity index (χ3v) is 10.9. The fourth-order valence-electron chi connectivity index (χ4n) is 5.99.